The SMILES string of the molecule is CC(=O)N[C@H]1[C@H](OC[C@H]2O[C@@H](O[C@H]3[C@@H](O)[C@@H](CO)O[C@@H](O[C@@H]([C@H](O)[C@@H](O)CO)[C@H](O)CO)[C@@H]3O)[C@H](NC(C)=O)[C@@H](O[C@@H]3O[C@H](CO)[C@H](O[C@@H]4O[C@H](CO)[C@H](O)[C@H](O)[C@H]4NC(C)=O)[C@H](O[C@]4(C(=O)O)C[C@H](O)[C@@H](NC(C)=O)[C@H]([C@H](O)[C@H](O)CO)O4)[C@H]3O)[C@@H]2O)O[C@H](CO)[C@@H](O[C@@H]2O[C@H](CO)[C@H](O)[C@H](O)[C@H]2O)[C@@H]1O. The molecule has 107 heavy (non-hydrogen) atoms. The normalized spacial score (nSPS) is 43.8. The molecule has 7 aliphatic heterocycles. The molecule has 0 spiro atoms. The van der Waals surface area contributed by atoms with Gasteiger partial charge in [-0.25, -0.2) is 4.79 Å². The summed E-state index contributed by atoms with van der Waals surface area (Å²) in [5, 5.41) is 284. The van der Waals surface area contributed by atoms with Crippen LogP contribution in [0.1, 0.15) is 34.1 Å². The maximum atomic E-state index is 13.9. The van der Waals surface area contributed by atoms with Gasteiger partial charge in [0.05, 0.1) is 71.6 Å². The van der Waals surface area contributed by atoms with Crippen molar-refractivity contribution in [2.24, 2.45) is 0 Å². The summed E-state index contributed by atoms with van der Waals surface area (Å²) in [5.41, 5.74) is 0. The molecule has 4 amide bonds. The Bertz CT molecular complexity index is 2820. The van der Waals surface area contributed by atoms with Crippen LogP contribution in [0, 0.1) is 0 Å². The van der Waals surface area contributed by atoms with Gasteiger partial charge in [-0.2, -0.15) is 0 Å². The molecule has 0 aromatic carbocycles. The molecule has 7 heterocycles. The number of hydrogen-bond acceptors (Lipinski definition) is 43. The molecule has 0 aromatic heterocycles. The summed E-state index contributed by atoms with van der Waals surface area (Å²) in [7, 11) is 0. The van der Waals surface area contributed by atoms with E-state index < -0.39 is 340 Å². The van der Waals surface area contributed by atoms with Crippen molar-refractivity contribution in [3.63, 3.8) is 0 Å². The van der Waals surface area contributed by atoms with E-state index in [-0.39, 0.29) is 0 Å². The molecular formula is C59H100N4O44. The maximum Gasteiger partial charge on any atom is 0.364 e. The Hall–Kier alpha value is -4.17. The molecule has 7 aliphatic rings. The largest absolute Gasteiger partial charge is 0.477 e. The van der Waals surface area contributed by atoms with Crippen LogP contribution in [0.4, 0.5) is 0 Å². The van der Waals surface area contributed by atoms with Crippen LogP contribution in [0.15, 0.2) is 0 Å². The third-order valence-corrected chi connectivity index (χ3v) is 18.9. The Labute approximate surface area is 605 Å². The lowest BCUT2D eigenvalue weighted by Gasteiger charge is -2.53. The Morgan fingerprint density at radius 1 is 0.402 bits per heavy atom. The Kier molecular flexibility index (Phi) is 33.3. The number of nitrogens with one attached hydrogen (secondary N) is 4. The van der Waals surface area contributed by atoms with E-state index in [0.717, 1.165) is 27.7 Å². The highest BCUT2D eigenvalue weighted by molar-refractivity contribution is 5.77. The molecule has 7 saturated heterocycles. The number of ether oxygens (including phenoxy) is 14. The highest BCUT2D eigenvalue weighted by Gasteiger charge is 2.63. The minimum Gasteiger partial charge on any atom is -0.477 e. The Morgan fingerprint density at radius 3 is 1.36 bits per heavy atom. The number of carboxylic acids is 1. The number of aliphatic carboxylic acids is 1. The predicted octanol–water partition coefficient (Wildman–Crippen LogP) is -19.0. The van der Waals surface area contributed by atoms with E-state index in [0.29, 0.717) is 0 Å². The third kappa shape index (κ3) is 20.6. The molecule has 7 fully saturated rings. The van der Waals surface area contributed by atoms with Gasteiger partial charge in [-0.05, 0) is 0 Å². The fraction of sp³-hybridized carbons (Fsp3) is 0.915. The van der Waals surface area contributed by atoms with Crippen LogP contribution >= 0.6 is 0 Å². The molecule has 48 nitrogen and oxygen atoms in total. The first kappa shape index (κ1) is 90.0. The van der Waals surface area contributed by atoms with Crippen LogP contribution < -0.4 is 21.3 Å². The smallest absolute Gasteiger partial charge is 0.364 e. The molecule has 0 radical (unpaired) electrons. The van der Waals surface area contributed by atoms with E-state index in [4.69, 9.17) is 66.3 Å². The number of aliphatic hydroxyl groups excluding tert-OH is 24. The number of rotatable bonds is 33. The first-order valence-electron chi connectivity index (χ1n) is 33.7. The zero-order valence-corrected chi connectivity index (χ0v) is 57.5. The molecule has 40 atom stereocenters. The second kappa shape index (κ2) is 39.5. The second-order valence-corrected chi connectivity index (χ2v) is 26.5. The first-order chi connectivity index (χ1) is 50.4. The second-order valence-electron chi connectivity index (χ2n) is 26.5. The summed E-state index contributed by atoms with van der Waals surface area (Å²) >= 11 is 0. The topological polar surface area (TPSA) is 768 Å². The van der Waals surface area contributed by atoms with E-state index in [1.807, 2.05) is 0 Å². The fourth-order valence-electron chi connectivity index (χ4n) is 13.3. The molecule has 0 bridgehead atoms. The van der Waals surface area contributed by atoms with Gasteiger partial charge in [0.2, 0.25) is 23.6 Å². The van der Waals surface area contributed by atoms with Gasteiger partial charge in [0.25, 0.3) is 5.79 Å². The highest BCUT2D eigenvalue weighted by Crippen LogP contribution is 2.42. The van der Waals surface area contributed by atoms with Crippen LogP contribution in [0.25, 0.3) is 0 Å². The molecule has 48 heteroatoms. The van der Waals surface area contributed by atoms with Crippen molar-refractivity contribution in [3.8, 4) is 0 Å². The van der Waals surface area contributed by atoms with E-state index in [1.54, 1.807) is 0 Å². The fourth-order valence-corrected chi connectivity index (χ4v) is 13.3. The minimum absolute atomic E-state index is 0.834. The molecule has 0 aliphatic carbocycles. The van der Waals surface area contributed by atoms with Gasteiger partial charge in [-0.15, -0.1) is 0 Å². The van der Waals surface area contributed by atoms with Crippen LogP contribution in [-0.2, 0) is 90.3 Å². The number of aliphatic hydroxyl groups is 24. The summed E-state index contributed by atoms with van der Waals surface area (Å²) in [6, 6.07) is -7.91. The lowest BCUT2D eigenvalue weighted by Crippen LogP contribution is -2.72. The van der Waals surface area contributed by atoms with Crippen molar-refractivity contribution in [3.05, 3.63) is 0 Å². The molecule has 620 valence electrons. The third-order valence-electron chi connectivity index (χ3n) is 18.9. The van der Waals surface area contributed by atoms with Gasteiger partial charge in [0, 0.05) is 34.1 Å². The van der Waals surface area contributed by atoms with E-state index in [2.05, 4.69) is 21.3 Å². The number of carbonyl (C=O) groups excluding carboxylic acids is 4. The molecule has 29 N–H and O–H groups in total. The van der Waals surface area contributed by atoms with Crippen molar-refractivity contribution in [1.82, 2.24) is 21.3 Å². The van der Waals surface area contributed by atoms with Crippen LogP contribution in [0.5, 0.6) is 0 Å². The molecular weight excluding hydrogens is 1470 g/mol. The average molecular weight is 1570 g/mol. The van der Waals surface area contributed by atoms with Gasteiger partial charge in [-0.3, -0.25) is 19.2 Å². The van der Waals surface area contributed by atoms with Crippen molar-refractivity contribution < 1.29 is 218 Å². The highest BCUT2D eigenvalue weighted by atomic mass is 16.8. The standard InChI is InChI=1S/C59H100N4O44/c1-15(72)60-29-19(76)5-59(58(92)93,106-49(29)34(81)21(78)7-65)107-51-44(91)57(99-27(13-71)47(51)103-53-30(61-16(2)73)39(86)35(82)23(9-67)95-53)104-48-32(63-18(4)75)54(105-50-37(84)25(11-69)97-56(43(50)90)101-45(22(79)8-66)33(80)20(77)6-64)100-28(38(48)85)14-94-52-31(62-17(3)74)40(87)46(26(12-70)98-52)102-55-42(89)41(88)36(83)24(10-68)96-55/h19-57,64-71,76-91H,5-14H2,1-4H3,(H,60,72)(H,61,73)(H,62,74)(H,63,75)(H,92,93)/t19-,20-,21+,22+,23+,24+,25+,26+,27+,28+,29+,30+,31+,32+,33+,34+,35-,36-,37-,38+,39+,40+,41-,42+,43+,44+,45+,46+,47-,48+,49+,50-,51+,52+,53-,54-,55-,56-,57-,59-/m0/s1. The molecule has 0 saturated carbocycles. The Balaban J connectivity index is 1.36. The van der Waals surface area contributed by atoms with Crippen molar-refractivity contribution in [1.29, 1.82) is 0 Å². The van der Waals surface area contributed by atoms with E-state index in [1.165, 1.54) is 0 Å². The van der Waals surface area contributed by atoms with Crippen molar-refractivity contribution in [2.75, 3.05) is 59.5 Å². The lowest BCUT2D eigenvalue weighted by atomic mass is 9.88. The summed E-state index contributed by atoms with van der Waals surface area (Å²) < 4.78 is 83.2. The molecule has 0 unspecified atom stereocenters. The average Bonchev–Trinajstić information content (AvgIpc) is 0.746. The minimum atomic E-state index is -3.53. The summed E-state index contributed by atoms with van der Waals surface area (Å²) in [6.07, 6.45) is -79.0. The summed E-state index contributed by atoms with van der Waals surface area (Å²) in [5.74, 6) is -9.77. The van der Waals surface area contributed by atoms with E-state index >= 15 is 0 Å². The number of carboxylic acid groups (broad SMARTS) is 1. The monoisotopic (exact) mass is 1570 g/mol. The quantitative estimate of drug-likeness (QED) is 0.0290. The van der Waals surface area contributed by atoms with Crippen molar-refractivity contribution >= 4 is 29.6 Å². The number of amides is 4. The summed E-state index contributed by atoms with van der Waals surface area (Å²) in [4.78, 5) is 65.5. The van der Waals surface area contributed by atoms with Gasteiger partial charge in [-0.1, -0.05) is 0 Å². The zero-order chi connectivity index (χ0) is 79.7. The Morgan fingerprint density at radius 2 is 0.813 bits per heavy atom. The van der Waals surface area contributed by atoms with E-state index in [9.17, 15) is 152 Å². The maximum absolute atomic E-state index is 13.9. The van der Waals surface area contributed by atoms with Gasteiger partial charge in [0.15, 0.2) is 37.7 Å². The number of carbonyl (C=O) groups is 5. The van der Waals surface area contributed by atoms with Crippen LogP contribution in [-0.4, -0.2) is 461 Å². The van der Waals surface area contributed by atoms with Gasteiger partial charge >= 0.3 is 5.97 Å². The van der Waals surface area contributed by atoms with Gasteiger partial charge < -0.3 is 215 Å². The molecule has 7 rings (SSSR count). The van der Waals surface area contributed by atoms with Crippen molar-refractivity contribution in [2.45, 2.75) is 279 Å². The zero-order valence-electron chi connectivity index (χ0n) is 57.5. The molecule has 0 aromatic rings. The van der Waals surface area contributed by atoms with Crippen LogP contribution in [0.2, 0.25) is 0 Å². The predicted molar refractivity (Wildman–Crippen MR) is 330 cm³/mol. The summed E-state index contributed by atoms with van der Waals surface area (Å²) in [6.45, 7) is -7.12. The van der Waals surface area contributed by atoms with Gasteiger partial charge in [0.1, 0.15) is 189 Å². The lowest BCUT2D eigenvalue weighted by molar-refractivity contribution is -0.401. The van der Waals surface area contributed by atoms with Crippen LogP contribution in [0.3, 0.4) is 0 Å². The number of hydrogen-bond donors (Lipinski definition) is 29. The first-order valence-corrected chi connectivity index (χ1v) is 33.7.